The van der Waals surface area contributed by atoms with Gasteiger partial charge in [0.05, 0.1) is 7.11 Å². The Hall–Kier alpha value is -1.26. The summed E-state index contributed by atoms with van der Waals surface area (Å²) in [6, 6.07) is 6.87. The normalized spacial score (nSPS) is 23.8. The zero-order chi connectivity index (χ0) is 21.7. The minimum Gasteiger partial charge on any atom is -0.497 e. The summed E-state index contributed by atoms with van der Waals surface area (Å²) >= 11 is 0. The van der Waals surface area contributed by atoms with Crippen molar-refractivity contribution in [1.29, 1.82) is 0 Å². The molecule has 3 fully saturated rings. The fraction of sp³-hybridized carbons (Fsp3) is 0.778. The largest absolute Gasteiger partial charge is 0.497 e. The van der Waals surface area contributed by atoms with Gasteiger partial charge in [0, 0.05) is 57.7 Å². The lowest BCUT2D eigenvalue weighted by Gasteiger charge is -2.42. The van der Waals surface area contributed by atoms with Gasteiger partial charge in [0.2, 0.25) is 0 Å². The quantitative estimate of drug-likeness (QED) is 0.555. The van der Waals surface area contributed by atoms with Gasteiger partial charge in [-0.3, -0.25) is 4.90 Å². The lowest BCUT2D eigenvalue weighted by atomic mass is 9.66. The van der Waals surface area contributed by atoms with E-state index in [1.807, 2.05) is 0 Å². The standard InChI is InChI=1S/C27H44N2O2/c1-4-27(5-2)12-8-23(9-13-27)25-7-6-24(30-3)20-26(25)29-16-14-28(15-17-29)21-22-10-18-31-19-11-22/h6-7,20,22-23H,4-5,8-19,21H2,1-3H3. The van der Waals surface area contributed by atoms with E-state index < -0.39 is 0 Å². The number of hydrogen-bond acceptors (Lipinski definition) is 4. The van der Waals surface area contributed by atoms with E-state index >= 15 is 0 Å². The first-order chi connectivity index (χ1) is 15.2. The molecule has 2 heterocycles. The van der Waals surface area contributed by atoms with Crippen LogP contribution in [0.5, 0.6) is 5.75 Å². The zero-order valence-corrected chi connectivity index (χ0v) is 20.2. The number of benzene rings is 1. The Morgan fingerprint density at radius 1 is 0.968 bits per heavy atom. The van der Waals surface area contributed by atoms with E-state index in [0.717, 1.165) is 38.0 Å². The van der Waals surface area contributed by atoms with Gasteiger partial charge in [-0.15, -0.1) is 0 Å². The van der Waals surface area contributed by atoms with E-state index in [-0.39, 0.29) is 0 Å². The molecule has 0 amide bonds. The minimum atomic E-state index is 0.596. The van der Waals surface area contributed by atoms with Crippen LogP contribution in [-0.2, 0) is 4.74 Å². The van der Waals surface area contributed by atoms with Crippen LogP contribution in [0.15, 0.2) is 18.2 Å². The highest BCUT2D eigenvalue weighted by Gasteiger charge is 2.34. The summed E-state index contributed by atoms with van der Waals surface area (Å²) in [5, 5.41) is 0. The highest BCUT2D eigenvalue weighted by Crippen LogP contribution is 2.49. The van der Waals surface area contributed by atoms with Gasteiger partial charge in [0.1, 0.15) is 5.75 Å². The summed E-state index contributed by atoms with van der Waals surface area (Å²) in [5.74, 6) is 2.52. The lowest BCUT2D eigenvalue weighted by Crippen LogP contribution is -2.48. The number of nitrogens with zero attached hydrogens (tertiary/aromatic N) is 2. The van der Waals surface area contributed by atoms with Gasteiger partial charge in [-0.1, -0.05) is 32.8 Å². The summed E-state index contributed by atoms with van der Waals surface area (Å²) in [6.07, 6.45) is 10.6. The summed E-state index contributed by atoms with van der Waals surface area (Å²) < 4.78 is 11.2. The molecule has 2 aliphatic heterocycles. The number of rotatable bonds is 7. The number of methoxy groups -OCH3 is 1. The monoisotopic (exact) mass is 428 g/mol. The fourth-order valence-electron chi connectivity index (χ4n) is 6.23. The zero-order valence-electron chi connectivity index (χ0n) is 20.2. The van der Waals surface area contributed by atoms with Crippen molar-refractivity contribution in [2.45, 2.75) is 71.1 Å². The van der Waals surface area contributed by atoms with Crippen molar-refractivity contribution < 1.29 is 9.47 Å². The van der Waals surface area contributed by atoms with Crippen LogP contribution in [0.25, 0.3) is 0 Å². The van der Waals surface area contributed by atoms with Crippen LogP contribution in [0, 0.1) is 11.3 Å². The van der Waals surface area contributed by atoms with Crippen LogP contribution in [0.2, 0.25) is 0 Å². The minimum absolute atomic E-state index is 0.596. The lowest BCUT2D eigenvalue weighted by molar-refractivity contribution is 0.0517. The summed E-state index contributed by atoms with van der Waals surface area (Å²) in [4.78, 5) is 5.32. The predicted molar refractivity (Wildman–Crippen MR) is 129 cm³/mol. The molecule has 0 N–H and O–H groups in total. The van der Waals surface area contributed by atoms with Crippen LogP contribution in [0.1, 0.15) is 76.7 Å². The molecular formula is C27H44N2O2. The topological polar surface area (TPSA) is 24.9 Å². The Kier molecular flexibility index (Phi) is 7.81. The SMILES string of the molecule is CCC1(CC)CCC(c2ccc(OC)cc2N2CCN(CC3CCOCC3)CC2)CC1. The van der Waals surface area contributed by atoms with Crippen LogP contribution < -0.4 is 9.64 Å². The first-order valence-electron chi connectivity index (χ1n) is 12.9. The summed E-state index contributed by atoms with van der Waals surface area (Å²) in [6.45, 7) is 12.5. The first kappa shape index (κ1) is 22.9. The summed E-state index contributed by atoms with van der Waals surface area (Å²) in [5.41, 5.74) is 3.61. The van der Waals surface area contributed by atoms with E-state index in [0.29, 0.717) is 11.3 Å². The van der Waals surface area contributed by atoms with Gasteiger partial charge < -0.3 is 14.4 Å². The van der Waals surface area contributed by atoms with E-state index in [1.165, 1.54) is 76.7 Å². The molecule has 1 saturated carbocycles. The Labute approximate surface area is 190 Å². The predicted octanol–water partition coefficient (Wildman–Crippen LogP) is 5.71. The molecule has 0 radical (unpaired) electrons. The highest BCUT2D eigenvalue weighted by molar-refractivity contribution is 5.59. The maximum Gasteiger partial charge on any atom is 0.120 e. The molecule has 2 saturated heterocycles. The van der Waals surface area contributed by atoms with Crippen molar-refractivity contribution in [1.82, 2.24) is 4.90 Å². The van der Waals surface area contributed by atoms with Crippen molar-refractivity contribution >= 4 is 5.69 Å². The number of ether oxygens (including phenoxy) is 2. The molecule has 1 aliphatic carbocycles. The smallest absolute Gasteiger partial charge is 0.120 e. The van der Waals surface area contributed by atoms with Crippen molar-refractivity contribution in [3.8, 4) is 5.75 Å². The Bertz CT molecular complexity index is 678. The second-order valence-electron chi connectivity index (χ2n) is 10.2. The number of piperazine rings is 1. The second-order valence-corrected chi connectivity index (χ2v) is 10.2. The van der Waals surface area contributed by atoms with Crippen LogP contribution >= 0.6 is 0 Å². The maximum absolute atomic E-state index is 5.63. The number of hydrogen-bond donors (Lipinski definition) is 0. The molecule has 174 valence electrons. The molecule has 1 aromatic carbocycles. The van der Waals surface area contributed by atoms with Gasteiger partial charge in [-0.05, 0) is 67.4 Å². The van der Waals surface area contributed by atoms with E-state index in [1.54, 1.807) is 12.7 Å². The van der Waals surface area contributed by atoms with Crippen LogP contribution in [0.4, 0.5) is 5.69 Å². The molecule has 4 heteroatoms. The summed E-state index contributed by atoms with van der Waals surface area (Å²) in [7, 11) is 1.79. The van der Waals surface area contributed by atoms with Crippen molar-refractivity contribution in [3.05, 3.63) is 23.8 Å². The second kappa shape index (κ2) is 10.6. The van der Waals surface area contributed by atoms with Crippen molar-refractivity contribution in [3.63, 3.8) is 0 Å². The molecule has 31 heavy (non-hydrogen) atoms. The van der Waals surface area contributed by atoms with E-state index in [4.69, 9.17) is 9.47 Å². The molecule has 0 aromatic heterocycles. The van der Waals surface area contributed by atoms with Gasteiger partial charge in [0.15, 0.2) is 0 Å². The molecule has 1 aromatic rings. The maximum atomic E-state index is 5.63. The average Bonchev–Trinajstić information content (AvgIpc) is 2.85. The van der Waals surface area contributed by atoms with Crippen molar-refractivity contribution in [2.75, 3.05) is 57.9 Å². The Morgan fingerprint density at radius 3 is 2.26 bits per heavy atom. The molecular weight excluding hydrogens is 384 g/mol. The first-order valence-corrected chi connectivity index (χ1v) is 12.9. The molecule has 4 nitrogen and oxygen atoms in total. The molecule has 0 atom stereocenters. The van der Waals surface area contributed by atoms with Crippen molar-refractivity contribution in [2.24, 2.45) is 11.3 Å². The molecule has 0 unspecified atom stereocenters. The van der Waals surface area contributed by atoms with Gasteiger partial charge in [-0.25, -0.2) is 0 Å². The number of anilines is 1. The van der Waals surface area contributed by atoms with Gasteiger partial charge in [-0.2, -0.15) is 0 Å². The third-order valence-electron chi connectivity index (χ3n) is 8.79. The Morgan fingerprint density at radius 2 is 1.65 bits per heavy atom. The third-order valence-corrected chi connectivity index (χ3v) is 8.79. The third kappa shape index (κ3) is 5.39. The fourth-order valence-corrected chi connectivity index (χ4v) is 6.23. The average molecular weight is 429 g/mol. The van der Waals surface area contributed by atoms with E-state index in [9.17, 15) is 0 Å². The van der Waals surface area contributed by atoms with Gasteiger partial charge in [0.25, 0.3) is 0 Å². The molecule has 0 bridgehead atoms. The molecule has 0 spiro atoms. The van der Waals surface area contributed by atoms with Crippen LogP contribution in [0.3, 0.4) is 0 Å². The Balaban J connectivity index is 1.42. The molecule has 4 rings (SSSR count). The molecule has 3 aliphatic rings. The van der Waals surface area contributed by atoms with E-state index in [2.05, 4.69) is 41.8 Å². The van der Waals surface area contributed by atoms with Gasteiger partial charge >= 0.3 is 0 Å². The highest BCUT2D eigenvalue weighted by atomic mass is 16.5. The van der Waals surface area contributed by atoms with Crippen LogP contribution in [-0.4, -0.2) is 57.9 Å².